The highest BCUT2D eigenvalue weighted by Crippen LogP contribution is 2.26. The Labute approximate surface area is 187 Å². The van der Waals surface area contributed by atoms with Gasteiger partial charge in [-0.3, -0.25) is 19.5 Å². The lowest BCUT2D eigenvalue weighted by atomic mass is 10.1. The van der Waals surface area contributed by atoms with E-state index in [0.29, 0.717) is 50.6 Å². The molecule has 166 valence electrons. The molecule has 0 saturated carbocycles. The molecule has 0 bridgehead atoms. The molecule has 2 aromatic carbocycles. The van der Waals surface area contributed by atoms with Crippen LogP contribution in [0.15, 0.2) is 54.6 Å². The van der Waals surface area contributed by atoms with Crippen molar-refractivity contribution in [2.45, 2.75) is 25.7 Å². The number of carbonyl (C=O) groups is 2. The first-order chi connectivity index (χ1) is 15.6. The lowest BCUT2D eigenvalue weighted by Crippen LogP contribution is -2.59. The van der Waals surface area contributed by atoms with Crippen molar-refractivity contribution in [3.05, 3.63) is 65.7 Å². The number of nitriles is 1. The summed E-state index contributed by atoms with van der Waals surface area (Å²) in [6.07, 6.45) is -0.881. The van der Waals surface area contributed by atoms with Crippen LogP contribution in [0.4, 0.5) is 10.5 Å². The van der Waals surface area contributed by atoms with Gasteiger partial charge >= 0.3 is 12.1 Å². The fourth-order valence-corrected chi connectivity index (χ4v) is 4.14. The monoisotopic (exact) mass is 434 g/mol. The maximum Gasteiger partial charge on any atom is 0.416 e. The van der Waals surface area contributed by atoms with Crippen LogP contribution >= 0.6 is 0 Å². The third-order valence-electron chi connectivity index (χ3n) is 5.82. The van der Waals surface area contributed by atoms with Gasteiger partial charge < -0.3 is 9.47 Å². The van der Waals surface area contributed by atoms with Crippen molar-refractivity contribution in [3.63, 3.8) is 0 Å². The molecule has 32 heavy (non-hydrogen) atoms. The van der Waals surface area contributed by atoms with Crippen LogP contribution in [-0.4, -0.2) is 66.9 Å². The van der Waals surface area contributed by atoms with Crippen LogP contribution in [0, 0.1) is 11.3 Å². The molecular weight excluding hydrogens is 408 g/mol. The van der Waals surface area contributed by atoms with Gasteiger partial charge in [0.15, 0.2) is 6.23 Å². The molecule has 2 aliphatic rings. The molecule has 2 fully saturated rings. The minimum Gasteiger partial charge on any atom is -0.465 e. The third kappa shape index (κ3) is 4.74. The first-order valence-corrected chi connectivity index (χ1v) is 10.8. The smallest absolute Gasteiger partial charge is 0.416 e. The van der Waals surface area contributed by atoms with Crippen LogP contribution in [0.3, 0.4) is 0 Å². The van der Waals surface area contributed by atoms with E-state index in [-0.39, 0.29) is 5.97 Å². The second-order valence-electron chi connectivity index (χ2n) is 7.83. The second kappa shape index (κ2) is 9.81. The van der Waals surface area contributed by atoms with Gasteiger partial charge in [0, 0.05) is 31.9 Å². The maximum absolute atomic E-state index is 12.7. The molecule has 4 rings (SSSR count). The zero-order valence-corrected chi connectivity index (χ0v) is 18.0. The number of cyclic esters (lactones) is 1. The van der Waals surface area contributed by atoms with Crippen molar-refractivity contribution < 1.29 is 19.1 Å². The van der Waals surface area contributed by atoms with E-state index >= 15 is 0 Å². The molecule has 0 spiro atoms. The molecule has 0 N–H and O–H groups in total. The molecule has 0 aliphatic carbocycles. The molecule has 2 atom stereocenters. The Hall–Kier alpha value is -3.41. The first-order valence-electron chi connectivity index (χ1n) is 10.8. The van der Waals surface area contributed by atoms with E-state index in [2.05, 4.69) is 11.0 Å². The number of ether oxygens (including phenoxy) is 2. The predicted octanol–water partition coefficient (Wildman–Crippen LogP) is 2.59. The Morgan fingerprint density at radius 3 is 2.56 bits per heavy atom. The van der Waals surface area contributed by atoms with E-state index in [1.165, 1.54) is 0 Å². The highest BCUT2D eigenvalue weighted by molar-refractivity contribution is 5.89. The van der Waals surface area contributed by atoms with E-state index in [9.17, 15) is 9.59 Å². The van der Waals surface area contributed by atoms with Crippen molar-refractivity contribution in [3.8, 4) is 6.07 Å². The summed E-state index contributed by atoms with van der Waals surface area (Å²) in [7, 11) is 0. The highest BCUT2D eigenvalue weighted by atomic mass is 16.6. The van der Waals surface area contributed by atoms with Gasteiger partial charge in [-0.1, -0.05) is 30.3 Å². The Balaban J connectivity index is 1.45. The van der Waals surface area contributed by atoms with Crippen molar-refractivity contribution in [2.75, 3.05) is 37.7 Å². The van der Waals surface area contributed by atoms with Crippen molar-refractivity contribution in [2.24, 2.45) is 0 Å². The number of carbonyl (C=O) groups excluding carboxylic acids is 2. The van der Waals surface area contributed by atoms with Crippen LogP contribution in [0.2, 0.25) is 0 Å². The van der Waals surface area contributed by atoms with Gasteiger partial charge in [-0.05, 0) is 36.8 Å². The zero-order chi connectivity index (χ0) is 22.5. The molecular formula is C24H26N4O4. The second-order valence-corrected chi connectivity index (χ2v) is 7.83. The van der Waals surface area contributed by atoms with Crippen LogP contribution < -0.4 is 4.90 Å². The topological polar surface area (TPSA) is 86.1 Å². The Morgan fingerprint density at radius 1 is 1.12 bits per heavy atom. The van der Waals surface area contributed by atoms with E-state index in [1.54, 1.807) is 36.1 Å². The molecule has 0 aromatic heterocycles. The number of amides is 1. The number of rotatable bonds is 6. The number of esters is 1. The molecule has 8 nitrogen and oxygen atoms in total. The standard InChI is InChI=1S/C24H26N4O4/c1-2-31-23(29)21-16-27(13-12-26(21)15-19-6-4-3-5-7-19)22-17-28(24(30)32-22)20-10-8-18(14-25)9-11-20/h3-11,21-22H,2,12-13,15-17H2,1H3. The number of hydrogen-bond acceptors (Lipinski definition) is 7. The van der Waals surface area contributed by atoms with Crippen molar-refractivity contribution in [1.82, 2.24) is 9.80 Å². The molecule has 2 saturated heterocycles. The normalized spacial score (nSPS) is 21.8. The van der Waals surface area contributed by atoms with E-state index in [1.807, 2.05) is 35.2 Å². The molecule has 2 aliphatic heterocycles. The van der Waals surface area contributed by atoms with Crippen LogP contribution in [0.5, 0.6) is 0 Å². The third-order valence-corrected chi connectivity index (χ3v) is 5.82. The fraction of sp³-hybridized carbons (Fsp3) is 0.375. The Bertz CT molecular complexity index is 989. The summed E-state index contributed by atoms with van der Waals surface area (Å²) in [4.78, 5) is 31.0. The van der Waals surface area contributed by atoms with E-state index < -0.39 is 18.4 Å². The van der Waals surface area contributed by atoms with Crippen LogP contribution in [-0.2, 0) is 20.8 Å². The Morgan fingerprint density at radius 2 is 1.88 bits per heavy atom. The van der Waals surface area contributed by atoms with Gasteiger partial charge in [-0.25, -0.2) is 4.79 Å². The summed E-state index contributed by atoms with van der Waals surface area (Å²) in [5, 5.41) is 8.98. The summed E-state index contributed by atoms with van der Waals surface area (Å²) in [5.41, 5.74) is 2.35. The maximum atomic E-state index is 12.7. The average molecular weight is 434 g/mol. The summed E-state index contributed by atoms with van der Waals surface area (Å²) < 4.78 is 11.0. The van der Waals surface area contributed by atoms with E-state index in [4.69, 9.17) is 14.7 Å². The summed E-state index contributed by atoms with van der Waals surface area (Å²) in [6.45, 7) is 4.88. The molecule has 2 aromatic rings. The van der Waals surface area contributed by atoms with E-state index in [0.717, 1.165) is 5.56 Å². The number of anilines is 1. The van der Waals surface area contributed by atoms with Gasteiger partial charge in [0.2, 0.25) is 0 Å². The number of hydrogen-bond donors (Lipinski definition) is 0. The number of benzene rings is 2. The van der Waals surface area contributed by atoms with Gasteiger partial charge in [0.05, 0.1) is 24.8 Å². The molecule has 2 unspecified atom stereocenters. The largest absolute Gasteiger partial charge is 0.465 e. The van der Waals surface area contributed by atoms with Crippen molar-refractivity contribution >= 4 is 17.7 Å². The van der Waals surface area contributed by atoms with Gasteiger partial charge in [-0.2, -0.15) is 5.26 Å². The molecule has 1 amide bonds. The first kappa shape index (κ1) is 21.8. The van der Waals surface area contributed by atoms with Crippen LogP contribution in [0.1, 0.15) is 18.1 Å². The summed E-state index contributed by atoms with van der Waals surface area (Å²) >= 11 is 0. The van der Waals surface area contributed by atoms with Gasteiger partial charge in [-0.15, -0.1) is 0 Å². The minimum absolute atomic E-state index is 0.263. The number of piperazine rings is 1. The van der Waals surface area contributed by atoms with Gasteiger partial charge in [0.1, 0.15) is 6.04 Å². The quantitative estimate of drug-likeness (QED) is 0.646. The molecule has 0 radical (unpaired) electrons. The SMILES string of the molecule is CCOC(=O)C1CN(C2CN(c3ccc(C#N)cc3)C(=O)O2)CCN1Cc1ccccc1. The predicted molar refractivity (Wildman–Crippen MR) is 118 cm³/mol. The molecule has 8 heteroatoms. The van der Waals surface area contributed by atoms with Crippen molar-refractivity contribution in [1.29, 1.82) is 5.26 Å². The summed E-state index contributed by atoms with van der Waals surface area (Å²) in [6, 6.07) is 18.5. The number of nitrogens with zero attached hydrogens (tertiary/aromatic N) is 4. The lowest BCUT2D eigenvalue weighted by Gasteiger charge is -2.41. The summed E-state index contributed by atoms with van der Waals surface area (Å²) in [5.74, 6) is -0.263. The van der Waals surface area contributed by atoms with Gasteiger partial charge in [0.25, 0.3) is 0 Å². The highest BCUT2D eigenvalue weighted by Gasteiger charge is 2.41. The average Bonchev–Trinajstić information content (AvgIpc) is 3.21. The Kier molecular flexibility index (Phi) is 6.69. The minimum atomic E-state index is -0.450. The fourth-order valence-electron chi connectivity index (χ4n) is 4.14. The molecule has 2 heterocycles. The lowest BCUT2D eigenvalue weighted by molar-refractivity contribution is -0.154. The van der Waals surface area contributed by atoms with Crippen LogP contribution in [0.25, 0.3) is 0 Å². The zero-order valence-electron chi connectivity index (χ0n) is 18.0.